The summed E-state index contributed by atoms with van der Waals surface area (Å²) in [6, 6.07) is 8.31. The smallest absolute Gasteiger partial charge is 0.240 e. The van der Waals surface area contributed by atoms with Crippen molar-refractivity contribution in [1.29, 1.82) is 0 Å². The molecule has 1 aliphatic heterocycles. The van der Waals surface area contributed by atoms with Gasteiger partial charge in [0.1, 0.15) is 6.33 Å². The number of nitrogens with zero attached hydrogens (tertiary/aromatic N) is 4. The first-order chi connectivity index (χ1) is 11.6. The molecule has 6 nitrogen and oxygen atoms in total. The Balaban J connectivity index is 1.73. The third kappa shape index (κ3) is 3.32. The first-order valence-corrected chi connectivity index (χ1v) is 8.94. The minimum absolute atomic E-state index is 0.110. The van der Waals surface area contributed by atoms with Crippen LogP contribution in [-0.2, 0) is 22.5 Å². The van der Waals surface area contributed by atoms with Crippen molar-refractivity contribution in [3.05, 3.63) is 36.2 Å². The molecular weight excluding hydrogens is 324 g/mol. The normalized spacial score (nSPS) is 17.8. The van der Waals surface area contributed by atoms with E-state index in [9.17, 15) is 4.79 Å². The Hall–Kier alpha value is -1.86. The molecule has 7 heteroatoms. The van der Waals surface area contributed by atoms with Crippen LogP contribution in [0.5, 0.6) is 0 Å². The highest BCUT2D eigenvalue weighted by Crippen LogP contribution is 2.34. The van der Waals surface area contributed by atoms with Crippen LogP contribution in [0.1, 0.15) is 19.4 Å². The third-order valence-corrected chi connectivity index (χ3v) is 5.27. The van der Waals surface area contributed by atoms with Crippen molar-refractivity contribution in [1.82, 2.24) is 14.8 Å². The van der Waals surface area contributed by atoms with Gasteiger partial charge in [-0.05, 0) is 31.9 Å². The number of rotatable bonds is 6. The molecule has 0 saturated heterocycles. The molecule has 0 radical (unpaired) electrons. The second-order valence-electron chi connectivity index (χ2n) is 5.95. The zero-order valence-electron chi connectivity index (χ0n) is 14.2. The molecule has 0 N–H and O–H groups in total. The highest BCUT2D eigenvalue weighted by molar-refractivity contribution is 8.00. The number of fused-ring (bicyclic) bond motifs is 1. The van der Waals surface area contributed by atoms with Crippen LogP contribution in [0, 0.1) is 0 Å². The summed E-state index contributed by atoms with van der Waals surface area (Å²) in [6.45, 7) is 5.28. The molecule has 2 unspecified atom stereocenters. The second kappa shape index (κ2) is 7.36. The number of para-hydroxylation sites is 1. The van der Waals surface area contributed by atoms with Gasteiger partial charge >= 0.3 is 0 Å². The molecule has 3 rings (SSSR count). The minimum atomic E-state index is -0.232. The van der Waals surface area contributed by atoms with Gasteiger partial charge in [0.2, 0.25) is 5.91 Å². The molecule has 1 aliphatic rings. The fourth-order valence-corrected chi connectivity index (χ4v) is 3.88. The Labute approximate surface area is 146 Å². The molecule has 0 spiro atoms. The number of hydrogen-bond acceptors (Lipinski definition) is 5. The number of benzene rings is 1. The summed E-state index contributed by atoms with van der Waals surface area (Å²) in [4.78, 5) is 14.9. The fourth-order valence-electron chi connectivity index (χ4n) is 2.98. The van der Waals surface area contributed by atoms with Crippen molar-refractivity contribution in [2.24, 2.45) is 0 Å². The highest BCUT2D eigenvalue weighted by atomic mass is 32.2. The lowest BCUT2D eigenvalue weighted by molar-refractivity contribution is -0.118. The SMILES string of the molecule is COCCn1cnnc1SC(C)C(=O)N1c2ccccc2CC1C. The largest absolute Gasteiger partial charge is 0.383 e. The number of aromatic nitrogens is 3. The van der Waals surface area contributed by atoms with Gasteiger partial charge in [-0.1, -0.05) is 30.0 Å². The zero-order chi connectivity index (χ0) is 17.1. The molecule has 0 fully saturated rings. The number of carbonyl (C=O) groups is 1. The van der Waals surface area contributed by atoms with Crippen molar-refractivity contribution in [3.8, 4) is 0 Å². The average molecular weight is 346 g/mol. The van der Waals surface area contributed by atoms with Gasteiger partial charge in [0, 0.05) is 25.4 Å². The molecule has 24 heavy (non-hydrogen) atoms. The van der Waals surface area contributed by atoms with Gasteiger partial charge in [-0.15, -0.1) is 10.2 Å². The maximum atomic E-state index is 13.0. The summed E-state index contributed by atoms with van der Waals surface area (Å²) in [7, 11) is 1.66. The predicted octanol–water partition coefficient (Wildman–Crippen LogP) is 2.38. The number of amides is 1. The van der Waals surface area contributed by atoms with Crippen LogP contribution >= 0.6 is 11.8 Å². The van der Waals surface area contributed by atoms with Crippen LogP contribution in [0.3, 0.4) is 0 Å². The molecule has 2 atom stereocenters. The molecule has 2 heterocycles. The number of hydrogen-bond donors (Lipinski definition) is 0. The quantitative estimate of drug-likeness (QED) is 0.752. The molecular formula is C17H22N4O2S. The summed E-state index contributed by atoms with van der Waals surface area (Å²) in [5.74, 6) is 0.110. The average Bonchev–Trinajstić information content (AvgIpc) is 3.15. The Morgan fingerprint density at radius 2 is 2.25 bits per heavy atom. The van der Waals surface area contributed by atoms with E-state index in [2.05, 4.69) is 23.2 Å². The van der Waals surface area contributed by atoms with Crippen molar-refractivity contribution < 1.29 is 9.53 Å². The second-order valence-corrected chi connectivity index (χ2v) is 7.26. The maximum Gasteiger partial charge on any atom is 0.240 e. The summed E-state index contributed by atoms with van der Waals surface area (Å²) in [5.41, 5.74) is 2.27. The van der Waals surface area contributed by atoms with Gasteiger partial charge in [-0.2, -0.15) is 0 Å². The lowest BCUT2D eigenvalue weighted by atomic mass is 10.1. The molecule has 1 aromatic carbocycles. The molecule has 128 valence electrons. The van der Waals surface area contributed by atoms with Crippen LogP contribution in [0.4, 0.5) is 5.69 Å². The van der Waals surface area contributed by atoms with Gasteiger partial charge < -0.3 is 14.2 Å². The van der Waals surface area contributed by atoms with E-state index in [0.29, 0.717) is 13.2 Å². The number of carbonyl (C=O) groups excluding carboxylic acids is 1. The van der Waals surface area contributed by atoms with Crippen molar-refractivity contribution in [2.75, 3.05) is 18.6 Å². The number of methoxy groups -OCH3 is 1. The summed E-state index contributed by atoms with van der Waals surface area (Å²) < 4.78 is 7.01. The number of ether oxygens (including phenoxy) is 1. The molecule has 0 bridgehead atoms. The Morgan fingerprint density at radius 1 is 1.46 bits per heavy atom. The maximum absolute atomic E-state index is 13.0. The molecule has 1 amide bonds. The molecule has 0 aliphatic carbocycles. The van der Waals surface area contributed by atoms with E-state index in [1.54, 1.807) is 13.4 Å². The van der Waals surface area contributed by atoms with Crippen LogP contribution in [0.15, 0.2) is 35.7 Å². The Kier molecular flexibility index (Phi) is 5.20. The van der Waals surface area contributed by atoms with Gasteiger partial charge in [-0.3, -0.25) is 4.79 Å². The number of thioether (sulfide) groups is 1. The first-order valence-electron chi connectivity index (χ1n) is 8.06. The lowest BCUT2D eigenvalue weighted by Gasteiger charge is -2.25. The third-order valence-electron chi connectivity index (χ3n) is 4.19. The Bertz CT molecular complexity index is 718. The first kappa shape index (κ1) is 17.0. The van der Waals surface area contributed by atoms with Gasteiger partial charge in [0.05, 0.1) is 11.9 Å². The fraction of sp³-hybridized carbons (Fsp3) is 0.471. The van der Waals surface area contributed by atoms with Gasteiger partial charge in [0.15, 0.2) is 5.16 Å². The summed E-state index contributed by atoms with van der Waals surface area (Å²) in [6.07, 6.45) is 2.58. The van der Waals surface area contributed by atoms with E-state index >= 15 is 0 Å². The van der Waals surface area contributed by atoms with Crippen LogP contribution in [-0.4, -0.2) is 45.7 Å². The summed E-state index contributed by atoms with van der Waals surface area (Å²) in [5, 5.41) is 8.59. The highest BCUT2D eigenvalue weighted by Gasteiger charge is 2.33. The zero-order valence-corrected chi connectivity index (χ0v) is 15.0. The predicted molar refractivity (Wildman–Crippen MR) is 94.3 cm³/mol. The molecule has 0 saturated carbocycles. The molecule has 1 aromatic heterocycles. The van der Waals surface area contributed by atoms with Gasteiger partial charge in [0.25, 0.3) is 0 Å². The van der Waals surface area contributed by atoms with E-state index in [1.807, 2.05) is 34.6 Å². The minimum Gasteiger partial charge on any atom is -0.383 e. The standard InChI is InChI=1S/C17H22N4O2S/c1-12-10-14-6-4-5-7-15(14)21(12)16(22)13(2)24-17-19-18-11-20(17)8-9-23-3/h4-7,11-13H,8-10H2,1-3H3. The summed E-state index contributed by atoms with van der Waals surface area (Å²) >= 11 is 1.44. The van der Waals surface area contributed by atoms with Crippen LogP contribution < -0.4 is 4.90 Å². The lowest BCUT2D eigenvalue weighted by Crippen LogP contribution is -2.40. The number of anilines is 1. The van der Waals surface area contributed by atoms with E-state index in [4.69, 9.17) is 4.74 Å². The van der Waals surface area contributed by atoms with E-state index < -0.39 is 0 Å². The molecule has 2 aromatic rings. The van der Waals surface area contributed by atoms with E-state index in [1.165, 1.54) is 17.3 Å². The van der Waals surface area contributed by atoms with E-state index in [-0.39, 0.29) is 17.2 Å². The van der Waals surface area contributed by atoms with Crippen LogP contribution in [0.25, 0.3) is 0 Å². The topological polar surface area (TPSA) is 60.2 Å². The van der Waals surface area contributed by atoms with Crippen LogP contribution in [0.2, 0.25) is 0 Å². The monoisotopic (exact) mass is 346 g/mol. The van der Waals surface area contributed by atoms with Gasteiger partial charge in [-0.25, -0.2) is 0 Å². The van der Waals surface area contributed by atoms with Crippen molar-refractivity contribution in [2.45, 2.75) is 43.3 Å². The van der Waals surface area contributed by atoms with Crippen molar-refractivity contribution >= 4 is 23.4 Å². The Morgan fingerprint density at radius 3 is 3.04 bits per heavy atom. The van der Waals surface area contributed by atoms with Crippen molar-refractivity contribution in [3.63, 3.8) is 0 Å². The van der Waals surface area contributed by atoms with E-state index in [0.717, 1.165) is 17.3 Å².